The maximum atomic E-state index is 16.8. The van der Waals surface area contributed by atoms with E-state index < -0.39 is 59.8 Å². The van der Waals surface area contributed by atoms with Crippen LogP contribution in [0, 0.1) is 5.92 Å². The summed E-state index contributed by atoms with van der Waals surface area (Å²) in [4.78, 5) is 41.3. The van der Waals surface area contributed by atoms with Crippen molar-refractivity contribution in [2.75, 3.05) is 19.0 Å². The second-order valence-electron chi connectivity index (χ2n) is 15.5. The summed E-state index contributed by atoms with van der Waals surface area (Å²) < 4.78 is 63.4. The van der Waals surface area contributed by atoms with Crippen molar-refractivity contribution in [1.82, 2.24) is 24.8 Å². The Morgan fingerprint density at radius 2 is 1.48 bits per heavy atom. The molecule has 1 amide bonds. The van der Waals surface area contributed by atoms with Gasteiger partial charge in [0.15, 0.2) is 23.0 Å². The number of rotatable bonds is 16. The normalized spacial score (nSPS) is 20.4. The standard InChI is InChI=1S/C47H50F2N6O7/c1-7-46(49)41(48)45(5,61-40(56)36(30(3)4)51-44(57)60-28-31-18-12-9-13-19-31)42(62-46)55-29-50-37-38(55)52-43(53-39(37)59-8-2)54-47(32-20-14-10-15-21-32,33-22-16-11-17-23-33)34-24-26-35(58-6)27-25-34/h9-27,29-30,36,41-42H,7-8,28H2,1-6H3,(H,51,57)(H,52,53,54)/t36?,41-,42+,45+,46+/m0/s1. The van der Waals surface area contributed by atoms with Crippen LogP contribution in [-0.4, -0.2) is 69.0 Å². The number of hydrogen-bond donors (Lipinski definition) is 2. The van der Waals surface area contributed by atoms with Crippen LogP contribution in [0.2, 0.25) is 0 Å². The first kappa shape index (κ1) is 43.5. The van der Waals surface area contributed by atoms with Crippen LogP contribution in [-0.2, 0) is 31.2 Å². The third kappa shape index (κ3) is 8.36. The lowest BCUT2D eigenvalue weighted by molar-refractivity contribution is -0.185. The fraction of sp³-hybridized carbons (Fsp3) is 0.340. The minimum atomic E-state index is -2.90. The number of ether oxygens (including phenoxy) is 5. The Morgan fingerprint density at radius 3 is 2.05 bits per heavy atom. The van der Waals surface area contributed by atoms with Crippen LogP contribution in [0.3, 0.4) is 0 Å². The predicted molar refractivity (Wildman–Crippen MR) is 228 cm³/mol. The zero-order valence-corrected chi connectivity index (χ0v) is 35.4. The molecule has 4 aromatic carbocycles. The molecule has 13 nitrogen and oxygen atoms in total. The first-order valence-corrected chi connectivity index (χ1v) is 20.5. The number of carbonyl (C=O) groups is 2. The summed E-state index contributed by atoms with van der Waals surface area (Å²) in [6.07, 6.45) is -4.17. The second kappa shape index (κ2) is 18.2. The van der Waals surface area contributed by atoms with Crippen LogP contribution in [0.5, 0.6) is 11.6 Å². The third-order valence-corrected chi connectivity index (χ3v) is 11.0. The number of alkyl carbamates (subject to hydrolysis) is 1. The molecule has 1 aliphatic rings. The van der Waals surface area contributed by atoms with Crippen molar-refractivity contribution < 1.29 is 42.1 Å². The van der Waals surface area contributed by atoms with Gasteiger partial charge >= 0.3 is 12.1 Å². The molecular formula is C47H50F2N6O7. The van der Waals surface area contributed by atoms with Crippen molar-refractivity contribution in [2.24, 2.45) is 5.92 Å². The lowest BCUT2D eigenvalue weighted by Crippen LogP contribution is -2.53. The van der Waals surface area contributed by atoms with Gasteiger partial charge in [0.2, 0.25) is 23.9 Å². The summed E-state index contributed by atoms with van der Waals surface area (Å²) in [5.74, 6) is -3.66. The summed E-state index contributed by atoms with van der Waals surface area (Å²) in [6.45, 7) is 7.95. The molecule has 7 rings (SSSR count). The molecule has 1 saturated heterocycles. The summed E-state index contributed by atoms with van der Waals surface area (Å²) in [6, 6.07) is 34.8. The summed E-state index contributed by atoms with van der Waals surface area (Å²) in [5, 5.41) is 6.16. The predicted octanol–water partition coefficient (Wildman–Crippen LogP) is 8.83. The van der Waals surface area contributed by atoms with Crippen LogP contribution in [0.25, 0.3) is 11.2 Å². The molecule has 15 heteroatoms. The summed E-state index contributed by atoms with van der Waals surface area (Å²) >= 11 is 0. The molecule has 0 spiro atoms. The largest absolute Gasteiger partial charge is 0.497 e. The highest BCUT2D eigenvalue weighted by atomic mass is 19.2. The molecule has 0 bridgehead atoms. The molecule has 2 N–H and O–H groups in total. The zero-order chi connectivity index (χ0) is 44.1. The van der Waals surface area contributed by atoms with E-state index in [1.165, 1.54) is 24.7 Å². The molecule has 62 heavy (non-hydrogen) atoms. The van der Waals surface area contributed by atoms with E-state index in [0.29, 0.717) is 5.75 Å². The highest BCUT2D eigenvalue weighted by Gasteiger charge is 2.67. The smallest absolute Gasteiger partial charge is 0.408 e. The molecule has 1 unspecified atom stereocenters. The number of amides is 1. The van der Waals surface area contributed by atoms with Gasteiger partial charge in [-0.15, -0.1) is 0 Å². The topological polar surface area (TPSA) is 148 Å². The molecule has 0 radical (unpaired) electrons. The number of methoxy groups -OCH3 is 1. The van der Waals surface area contributed by atoms with Gasteiger partial charge in [0.05, 0.1) is 20.0 Å². The van der Waals surface area contributed by atoms with E-state index in [2.05, 4.69) is 15.6 Å². The first-order chi connectivity index (χ1) is 29.9. The molecule has 3 heterocycles. The Morgan fingerprint density at radius 1 is 0.887 bits per heavy atom. The van der Waals surface area contributed by atoms with Gasteiger partial charge in [-0.2, -0.15) is 9.97 Å². The monoisotopic (exact) mass is 848 g/mol. The number of esters is 1. The van der Waals surface area contributed by atoms with Gasteiger partial charge in [-0.3, -0.25) is 4.57 Å². The Bertz CT molecular complexity index is 2420. The zero-order valence-electron chi connectivity index (χ0n) is 35.4. The van der Waals surface area contributed by atoms with Crippen LogP contribution in [0.1, 0.15) is 69.5 Å². The number of alkyl halides is 2. The van der Waals surface area contributed by atoms with Gasteiger partial charge in [0.25, 0.3) is 0 Å². The van der Waals surface area contributed by atoms with E-state index in [1.54, 1.807) is 52.1 Å². The second-order valence-corrected chi connectivity index (χ2v) is 15.5. The fourth-order valence-corrected chi connectivity index (χ4v) is 7.74. The maximum Gasteiger partial charge on any atom is 0.408 e. The molecule has 1 fully saturated rings. The van der Waals surface area contributed by atoms with E-state index in [1.807, 2.05) is 91.0 Å². The van der Waals surface area contributed by atoms with Crippen molar-refractivity contribution in [3.63, 3.8) is 0 Å². The Hall–Kier alpha value is -6.61. The minimum absolute atomic E-state index is 0.0539. The van der Waals surface area contributed by atoms with Crippen LogP contribution in [0.4, 0.5) is 19.5 Å². The molecule has 324 valence electrons. The van der Waals surface area contributed by atoms with Crippen LogP contribution < -0.4 is 20.1 Å². The number of imidazole rings is 1. The molecule has 1 aliphatic heterocycles. The Kier molecular flexibility index (Phi) is 12.7. The van der Waals surface area contributed by atoms with Gasteiger partial charge < -0.3 is 34.3 Å². The molecular weight excluding hydrogens is 799 g/mol. The lowest BCUT2D eigenvalue weighted by Gasteiger charge is -2.37. The van der Waals surface area contributed by atoms with Crippen molar-refractivity contribution in [2.45, 2.75) is 83.1 Å². The number of carbonyl (C=O) groups excluding carboxylic acids is 2. The van der Waals surface area contributed by atoms with Gasteiger partial charge in [-0.05, 0) is 54.2 Å². The SMILES string of the molecule is CCOc1nc(NC(c2ccccc2)(c2ccccc2)c2ccc(OC)cc2)nc2c1ncn2[C@@H]1O[C@](F)(CC)[C@@H](F)[C@@]1(C)OC(=O)C(NC(=O)OCc1ccccc1)C(C)C. The third-order valence-electron chi connectivity index (χ3n) is 11.0. The van der Waals surface area contributed by atoms with Crippen molar-refractivity contribution in [3.8, 4) is 11.6 Å². The van der Waals surface area contributed by atoms with Crippen LogP contribution >= 0.6 is 0 Å². The number of benzene rings is 4. The molecule has 6 aromatic rings. The summed E-state index contributed by atoms with van der Waals surface area (Å²) in [7, 11) is 1.60. The first-order valence-electron chi connectivity index (χ1n) is 20.5. The Labute approximate surface area is 358 Å². The number of nitrogens with zero attached hydrogens (tertiary/aromatic N) is 4. The molecule has 2 aromatic heterocycles. The number of halogens is 2. The van der Waals surface area contributed by atoms with Gasteiger partial charge in [0, 0.05) is 6.42 Å². The van der Waals surface area contributed by atoms with E-state index in [0.717, 1.165) is 22.3 Å². The van der Waals surface area contributed by atoms with Crippen molar-refractivity contribution in [3.05, 3.63) is 144 Å². The average Bonchev–Trinajstić information content (AvgIpc) is 3.80. The highest BCUT2D eigenvalue weighted by Crippen LogP contribution is 2.52. The summed E-state index contributed by atoms with van der Waals surface area (Å²) in [5.41, 5.74) is 0.0229. The van der Waals surface area contributed by atoms with Gasteiger partial charge in [-0.1, -0.05) is 124 Å². The fourth-order valence-electron chi connectivity index (χ4n) is 7.74. The van der Waals surface area contributed by atoms with Crippen molar-refractivity contribution in [1.29, 1.82) is 0 Å². The number of hydrogen-bond acceptors (Lipinski definition) is 11. The maximum absolute atomic E-state index is 16.8. The number of aromatic nitrogens is 4. The molecule has 0 saturated carbocycles. The van der Waals surface area contributed by atoms with E-state index in [9.17, 15) is 9.59 Å². The van der Waals surface area contributed by atoms with Crippen molar-refractivity contribution >= 4 is 29.2 Å². The highest BCUT2D eigenvalue weighted by molar-refractivity contribution is 5.82. The van der Waals surface area contributed by atoms with E-state index in [-0.39, 0.29) is 36.2 Å². The number of nitrogens with one attached hydrogen (secondary N) is 2. The number of anilines is 1. The van der Waals surface area contributed by atoms with Gasteiger partial charge in [0.1, 0.15) is 23.9 Å². The minimum Gasteiger partial charge on any atom is -0.497 e. The molecule has 5 atom stereocenters. The van der Waals surface area contributed by atoms with Gasteiger partial charge in [-0.25, -0.2) is 23.4 Å². The quantitative estimate of drug-likeness (QED) is 0.0711. The van der Waals surface area contributed by atoms with Crippen LogP contribution in [0.15, 0.2) is 122 Å². The lowest BCUT2D eigenvalue weighted by atomic mass is 9.77. The Balaban J connectivity index is 1.31. The number of fused-ring (bicyclic) bond motifs is 1. The van der Waals surface area contributed by atoms with E-state index in [4.69, 9.17) is 33.7 Å². The average molecular weight is 849 g/mol. The van der Waals surface area contributed by atoms with E-state index >= 15 is 8.78 Å². The molecule has 0 aliphatic carbocycles.